The normalized spacial score (nSPS) is 12.7. The van der Waals surface area contributed by atoms with Gasteiger partial charge in [0.25, 0.3) is 0 Å². The molecule has 0 unspecified atom stereocenters. The Morgan fingerprint density at radius 1 is 1.27 bits per heavy atom. The SMILES string of the molecule is Cc1cnn(C[C@H](C)NCc2csc(-c3cnn(C)c3)n2)c1. The van der Waals surface area contributed by atoms with Crippen LogP contribution in [0.5, 0.6) is 0 Å². The molecule has 3 aromatic rings. The summed E-state index contributed by atoms with van der Waals surface area (Å²) in [6.45, 7) is 5.83. The molecule has 0 amide bonds. The largest absolute Gasteiger partial charge is 0.307 e. The van der Waals surface area contributed by atoms with Crippen molar-refractivity contribution < 1.29 is 0 Å². The average Bonchev–Trinajstić information content (AvgIpc) is 3.18. The van der Waals surface area contributed by atoms with Crippen LogP contribution in [-0.4, -0.2) is 30.6 Å². The molecule has 22 heavy (non-hydrogen) atoms. The highest BCUT2D eigenvalue weighted by Crippen LogP contribution is 2.22. The first kappa shape index (κ1) is 14.9. The number of aryl methyl sites for hydroxylation is 2. The van der Waals surface area contributed by atoms with Crippen LogP contribution >= 0.6 is 11.3 Å². The predicted octanol–water partition coefficient (Wildman–Crippen LogP) is 2.23. The fraction of sp³-hybridized carbons (Fsp3) is 0.400. The molecule has 116 valence electrons. The van der Waals surface area contributed by atoms with Crippen molar-refractivity contribution in [2.45, 2.75) is 33.0 Å². The number of nitrogens with one attached hydrogen (secondary N) is 1. The van der Waals surface area contributed by atoms with E-state index < -0.39 is 0 Å². The number of hydrogen-bond donors (Lipinski definition) is 1. The van der Waals surface area contributed by atoms with Crippen molar-refractivity contribution in [2.75, 3.05) is 0 Å². The van der Waals surface area contributed by atoms with E-state index in [0.717, 1.165) is 29.4 Å². The summed E-state index contributed by atoms with van der Waals surface area (Å²) < 4.78 is 3.76. The monoisotopic (exact) mass is 316 g/mol. The van der Waals surface area contributed by atoms with Crippen LogP contribution in [0.4, 0.5) is 0 Å². The average molecular weight is 316 g/mol. The van der Waals surface area contributed by atoms with Gasteiger partial charge in [-0.05, 0) is 19.4 Å². The highest BCUT2D eigenvalue weighted by atomic mass is 32.1. The molecular formula is C15H20N6S. The maximum Gasteiger partial charge on any atom is 0.126 e. The Hall–Kier alpha value is -1.99. The van der Waals surface area contributed by atoms with Crippen LogP contribution in [0.2, 0.25) is 0 Å². The Morgan fingerprint density at radius 3 is 2.82 bits per heavy atom. The Balaban J connectivity index is 1.54. The van der Waals surface area contributed by atoms with Crippen LogP contribution in [0, 0.1) is 6.92 Å². The van der Waals surface area contributed by atoms with Gasteiger partial charge in [-0.25, -0.2) is 4.98 Å². The van der Waals surface area contributed by atoms with Crippen molar-refractivity contribution in [3.63, 3.8) is 0 Å². The van der Waals surface area contributed by atoms with Crippen LogP contribution < -0.4 is 5.32 Å². The molecule has 0 bridgehead atoms. The number of aromatic nitrogens is 5. The van der Waals surface area contributed by atoms with Gasteiger partial charge in [0.15, 0.2) is 0 Å². The summed E-state index contributed by atoms with van der Waals surface area (Å²) in [7, 11) is 1.91. The lowest BCUT2D eigenvalue weighted by Gasteiger charge is -2.12. The molecule has 0 aliphatic rings. The number of thiazole rings is 1. The van der Waals surface area contributed by atoms with Crippen molar-refractivity contribution in [3.05, 3.63) is 41.4 Å². The first-order valence-corrected chi connectivity index (χ1v) is 8.14. The third kappa shape index (κ3) is 3.61. The Bertz CT molecular complexity index is 741. The van der Waals surface area contributed by atoms with Crippen molar-refractivity contribution in [1.82, 2.24) is 29.9 Å². The number of hydrogen-bond acceptors (Lipinski definition) is 5. The first-order chi connectivity index (χ1) is 10.6. The van der Waals surface area contributed by atoms with E-state index in [-0.39, 0.29) is 0 Å². The van der Waals surface area contributed by atoms with Crippen LogP contribution in [0.25, 0.3) is 10.6 Å². The van der Waals surface area contributed by atoms with Gasteiger partial charge in [-0.3, -0.25) is 9.36 Å². The second-order valence-electron chi connectivity index (χ2n) is 5.57. The molecule has 3 aromatic heterocycles. The molecule has 0 spiro atoms. The van der Waals surface area contributed by atoms with Gasteiger partial charge < -0.3 is 5.32 Å². The Morgan fingerprint density at radius 2 is 2.14 bits per heavy atom. The minimum Gasteiger partial charge on any atom is -0.307 e. The summed E-state index contributed by atoms with van der Waals surface area (Å²) in [6, 6.07) is 0.336. The molecule has 1 atom stereocenters. The van der Waals surface area contributed by atoms with E-state index in [1.807, 2.05) is 30.3 Å². The third-order valence-electron chi connectivity index (χ3n) is 3.36. The molecule has 0 aromatic carbocycles. The lowest BCUT2D eigenvalue weighted by atomic mass is 10.3. The fourth-order valence-corrected chi connectivity index (χ4v) is 3.04. The van der Waals surface area contributed by atoms with Gasteiger partial charge in [-0.1, -0.05) is 0 Å². The molecule has 3 heterocycles. The van der Waals surface area contributed by atoms with E-state index in [1.165, 1.54) is 5.56 Å². The van der Waals surface area contributed by atoms with E-state index >= 15 is 0 Å². The maximum atomic E-state index is 4.66. The fourth-order valence-electron chi connectivity index (χ4n) is 2.24. The van der Waals surface area contributed by atoms with E-state index in [2.05, 4.69) is 45.9 Å². The summed E-state index contributed by atoms with van der Waals surface area (Å²) in [4.78, 5) is 4.66. The standard InChI is InChI=1S/C15H20N6S/c1-11-4-18-21(7-11)8-12(2)16-6-14-10-22-15(19-14)13-5-17-20(3)9-13/h4-5,7,9-10,12,16H,6,8H2,1-3H3/t12-/m0/s1. The second kappa shape index (κ2) is 6.41. The summed E-state index contributed by atoms with van der Waals surface area (Å²) in [5.41, 5.74) is 3.32. The molecule has 1 N–H and O–H groups in total. The summed E-state index contributed by atoms with van der Waals surface area (Å²) in [5.74, 6) is 0. The van der Waals surface area contributed by atoms with Gasteiger partial charge in [0.2, 0.25) is 0 Å². The van der Waals surface area contributed by atoms with Gasteiger partial charge in [0, 0.05) is 43.0 Å². The minimum atomic E-state index is 0.336. The summed E-state index contributed by atoms with van der Waals surface area (Å²) in [5, 5.41) is 15.1. The van der Waals surface area contributed by atoms with Crippen molar-refractivity contribution >= 4 is 11.3 Å². The zero-order chi connectivity index (χ0) is 15.5. The molecular weight excluding hydrogens is 296 g/mol. The summed E-state index contributed by atoms with van der Waals surface area (Å²) >= 11 is 1.65. The third-order valence-corrected chi connectivity index (χ3v) is 4.30. The Kier molecular flexibility index (Phi) is 4.35. The second-order valence-corrected chi connectivity index (χ2v) is 6.43. The van der Waals surface area contributed by atoms with Gasteiger partial charge in [0.05, 0.1) is 24.6 Å². The van der Waals surface area contributed by atoms with Crippen LogP contribution in [0.1, 0.15) is 18.2 Å². The molecule has 6 nitrogen and oxygen atoms in total. The molecule has 0 aliphatic heterocycles. The Labute approximate surface area is 133 Å². The molecule has 3 rings (SSSR count). The molecule has 0 aliphatic carbocycles. The van der Waals surface area contributed by atoms with Crippen LogP contribution in [0.3, 0.4) is 0 Å². The van der Waals surface area contributed by atoms with Gasteiger partial charge in [-0.15, -0.1) is 11.3 Å². The minimum absolute atomic E-state index is 0.336. The van der Waals surface area contributed by atoms with Crippen LogP contribution in [-0.2, 0) is 20.1 Å². The van der Waals surface area contributed by atoms with Gasteiger partial charge in [0.1, 0.15) is 5.01 Å². The number of rotatable bonds is 6. The van der Waals surface area contributed by atoms with Crippen molar-refractivity contribution in [2.24, 2.45) is 7.05 Å². The topological polar surface area (TPSA) is 60.6 Å². The van der Waals surface area contributed by atoms with Gasteiger partial charge >= 0.3 is 0 Å². The van der Waals surface area contributed by atoms with E-state index in [0.29, 0.717) is 6.04 Å². The van der Waals surface area contributed by atoms with E-state index in [9.17, 15) is 0 Å². The molecule has 0 radical (unpaired) electrons. The zero-order valence-electron chi connectivity index (χ0n) is 13.0. The van der Waals surface area contributed by atoms with E-state index in [1.54, 1.807) is 16.0 Å². The lowest BCUT2D eigenvalue weighted by molar-refractivity contribution is 0.449. The lowest BCUT2D eigenvalue weighted by Crippen LogP contribution is -2.30. The van der Waals surface area contributed by atoms with Crippen molar-refractivity contribution in [1.29, 1.82) is 0 Å². The first-order valence-electron chi connectivity index (χ1n) is 7.26. The van der Waals surface area contributed by atoms with Gasteiger partial charge in [-0.2, -0.15) is 10.2 Å². The number of nitrogens with zero attached hydrogens (tertiary/aromatic N) is 5. The molecule has 7 heteroatoms. The van der Waals surface area contributed by atoms with E-state index in [4.69, 9.17) is 0 Å². The maximum absolute atomic E-state index is 4.66. The quantitative estimate of drug-likeness (QED) is 0.757. The van der Waals surface area contributed by atoms with Crippen molar-refractivity contribution in [3.8, 4) is 10.6 Å². The highest BCUT2D eigenvalue weighted by molar-refractivity contribution is 7.13. The molecule has 0 saturated heterocycles. The molecule has 0 fully saturated rings. The smallest absolute Gasteiger partial charge is 0.126 e. The zero-order valence-corrected chi connectivity index (χ0v) is 13.8. The molecule has 0 saturated carbocycles. The summed E-state index contributed by atoms with van der Waals surface area (Å²) in [6.07, 6.45) is 7.77. The van der Waals surface area contributed by atoms with Crippen LogP contribution in [0.15, 0.2) is 30.2 Å². The highest BCUT2D eigenvalue weighted by Gasteiger charge is 2.08. The predicted molar refractivity (Wildman–Crippen MR) is 87.6 cm³/mol.